The van der Waals surface area contributed by atoms with Crippen LogP contribution in [-0.4, -0.2) is 50.3 Å². The summed E-state index contributed by atoms with van der Waals surface area (Å²) in [7, 11) is 0. The Hall–Kier alpha value is -2.12. The number of carbonyl (C=O) groups excluding carboxylic acids is 4. The molecular weight excluding hydrogens is 536 g/mol. The van der Waals surface area contributed by atoms with Crippen LogP contribution in [0.3, 0.4) is 0 Å². The summed E-state index contributed by atoms with van der Waals surface area (Å²) in [4.78, 5) is 39.3. The average Bonchev–Trinajstić information content (AvgIpc) is 2.91. The monoisotopic (exact) mass is 611 g/mol. The van der Waals surface area contributed by atoms with Crippen LogP contribution in [0.4, 0.5) is 0 Å². The summed E-state index contributed by atoms with van der Waals surface area (Å²) >= 11 is 0. The van der Waals surface area contributed by atoms with Crippen LogP contribution in [0.15, 0.2) is 0 Å². The summed E-state index contributed by atoms with van der Waals surface area (Å²) in [5, 5.41) is 0. The molecule has 0 bridgehead atoms. The lowest BCUT2D eigenvalue weighted by Gasteiger charge is -1.89. The van der Waals surface area contributed by atoms with Crippen molar-refractivity contribution in [2.24, 2.45) is 0 Å². The van der Waals surface area contributed by atoms with Crippen molar-refractivity contribution in [2.75, 3.05) is 26.4 Å². The van der Waals surface area contributed by atoms with Crippen molar-refractivity contribution in [3.05, 3.63) is 0 Å². The molecule has 0 atom stereocenters. The predicted molar refractivity (Wildman–Crippen MR) is 179 cm³/mol. The van der Waals surface area contributed by atoms with Gasteiger partial charge in [0, 0.05) is 27.7 Å². The van der Waals surface area contributed by atoms with E-state index in [0.717, 1.165) is 0 Å². The van der Waals surface area contributed by atoms with Crippen LogP contribution >= 0.6 is 0 Å². The Kier molecular flexibility index (Phi) is 83.0. The lowest BCUT2D eigenvalue weighted by molar-refractivity contribution is -0.141. The molecular formula is C34H74O8. The van der Waals surface area contributed by atoms with Crippen LogP contribution in [0.2, 0.25) is 0 Å². The van der Waals surface area contributed by atoms with Crippen molar-refractivity contribution in [3.8, 4) is 0 Å². The molecule has 0 saturated heterocycles. The molecule has 8 nitrogen and oxygen atoms in total. The first-order valence-electron chi connectivity index (χ1n) is 16.4. The number of ether oxygens (including phenoxy) is 4. The molecule has 0 rings (SSSR count). The first kappa shape index (κ1) is 55.8. The van der Waals surface area contributed by atoms with E-state index in [1.807, 2.05) is 0 Å². The van der Waals surface area contributed by atoms with E-state index in [2.05, 4.69) is 60.5 Å². The third-order valence-electron chi connectivity index (χ3n) is 4.26. The third kappa shape index (κ3) is 145. The summed E-state index contributed by atoms with van der Waals surface area (Å²) in [6, 6.07) is 0. The van der Waals surface area contributed by atoms with Gasteiger partial charge in [0.1, 0.15) is 0 Å². The largest absolute Gasteiger partial charge is 0.466 e. The minimum absolute atomic E-state index is 0.211. The average molecular weight is 611 g/mol. The number of carbonyl (C=O) groups is 4. The maximum atomic E-state index is 9.82. The lowest BCUT2D eigenvalue weighted by Crippen LogP contribution is -1.95. The Morgan fingerprint density at radius 2 is 0.429 bits per heavy atom. The molecule has 0 aliphatic rings. The zero-order chi connectivity index (χ0) is 34.5. The summed E-state index contributed by atoms with van der Waals surface area (Å²) < 4.78 is 17.6. The van der Waals surface area contributed by atoms with Gasteiger partial charge in [-0.15, -0.1) is 0 Å². The number of unbranched alkanes of at least 4 members (excludes halogenated alkanes) is 9. The summed E-state index contributed by atoms with van der Waals surface area (Å²) in [6.45, 7) is 28.0. The second-order valence-electron chi connectivity index (χ2n) is 8.82. The second-order valence-corrected chi connectivity index (χ2v) is 8.82. The Morgan fingerprint density at radius 3 is 0.452 bits per heavy atom. The molecule has 0 spiro atoms. The second kappa shape index (κ2) is 62.5. The van der Waals surface area contributed by atoms with E-state index in [-0.39, 0.29) is 23.9 Å². The van der Waals surface area contributed by atoms with Gasteiger partial charge in [0.25, 0.3) is 0 Å². The normalized spacial score (nSPS) is 8.24. The molecule has 0 fully saturated rings. The fourth-order valence-corrected chi connectivity index (χ4v) is 2.31. The van der Waals surface area contributed by atoms with E-state index in [1.54, 1.807) is 27.7 Å². The van der Waals surface area contributed by atoms with Crippen LogP contribution in [0.1, 0.15) is 174 Å². The predicted octanol–water partition coefficient (Wildman–Crippen LogP) is 10.0. The molecule has 0 aromatic rings. The van der Waals surface area contributed by atoms with Gasteiger partial charge in [0.2, 0.25) is 0 Å². The highest BCUT2D eigenvalue weighted by atomic mass is 16.5. The molecule has 0 aromatic carbocycles. The molecule has 0 aliphatic carbocycles. The molecule has 0 heterocycles. The number of rotatable bonds is 13. The van der Waals surface area contributed by atoms with Crippen molar-refractivity contribution in [1.29, 1.82) is 0 Å². The molecule has 8 heteroatoms. The van der Waals surface area contributed by atoms with E-state index in [1.165, 1.54) is 105 Å². The van der Waals surface area contributed by atoms with Crippen LogP contribution in [-0.2, 0) is 38.1 Å². The maximum absolute atomic E-state index is 9.82. The SMILES string of the molecule is CCCCCC.CCCCCC.CCCCCC.CCOC(C)=O.CCOC(C)=O.CCOC(C)=O.CCOC(C)=O. The number of esters is 4. The van der Waals surface area contributed by atoms with Gasteiger partial charge in [-0.3, -0.25) is 19.2 Å². The van der Waals surface area contributed by atoms with E-state index in [4.69, 9.17) is 0 Å². The Bertz CT molecular complexity index is 399. The summed E-state index contributed by atoms with van der Waals surface area (Å²) in [5.74, 6) is -0.843. The van der Waals surface area contributed by atoms with E-state index >= 15 is 0 Å². The Balaban J connectivity index is -0.0000000681. The summed E-state index contributed by atoms with van der Waals surface area (Å²) in [6.07, 6.45) is 16.6. The molecule has 0 unspecified atom stereocenters. The zero-order valence-electron chi connectivity index (χ0n) is 30.6. The van der Waals surface area contributed by atoms with Gasteiger partial charge in [0.15, 0.2) is 0 Å². The molecule has 42 heavy (non-hydrogen) atoms. The molecule has 0 radical (unpaired) electrons. The van der Waals surface area contributed by atoms with E-state index < -0.39 is 0 Å². The minimum Gasteiger partial charge on any atom is -0.466 e. The number of hydrogen-bond donors (Lipinski definition) is 0. The molecule has 0 aliphatic heterocycles. The van der Waals surface area contributed by atoms with Crippen LogP contribution in [0.25, 0.3) is 0 Å². The topological polar surface area (TPSA) is 105 Å². The maximum Gasteiger partial charge on any atom is 0.302 e. The van der Waals surface area contributed by atoms with Crippen molar-refractivity contribution in [2.45, 2.75) is 174 Å². The van der Waals surface area contributed by atoms with Gasteiger partial charge in [0.05, 0.1) is 26.4 Å². The quantitative estimate of drug-likeness (QED) is 0.115. The van der Waals surface area contributed by atoms with Crippen LogP contribution < -0.4 is 0 Å². The third-order valence-corrected chi connectivity index (χ3v) is 4.26. The first-order chi connectivity index (χ1) is 19.8. The lowest BCUT2D eigenvalue weighted by atomic mass is 10.2. The Morgan fingerprint density at radius 1 is 0.310 bits per heavy atom. The molecule has 0 aromatic heterocycles. The van der Waals surface area contributed by atoms with E-state index in [0.29, 0.717) is 26.4 Å². The fraction of sp³-hybridized carbons (Fsp3) is 0.882. The highest BCUT2D eigenvalue weighted by Gasteiger charge is 1.83. The highest BCUT2D eigenvalue weighted by molar-refractivity contribution is 5.66. The molecule has 0 N–H and O–H groups in total. The minimum atomic E-state index is -0.211. The summed E-state index contributed by atoms with van der Waals surface area (Å²) in [5.41, 5.74) is 0. The van der Waals surface area contributed by atoms with Gasteiger partial charge in [-0.05, 0) is 27.7 Å². The van der Waals surface area contributed by atoms with Gasteiger partial charge in [-0.2, -0.15) is 0 Å². The highest BCUT2D eigenvalue weighted by Crippen LogP contribution is 1.96. The first-order valence-corrected chi connectivity index (χ1v) is 16.4. The van der Waals surface area contributed by atoms with Crippen molar-refractivity contribution in [3.63, 3.8) is 0 Å². The fourth-order valence-electron chi connectivity index (χ4n) is 2.31. The molecule has 0 amide bonds. The van der Waals surface area contributed by atoms with E-state index in [9.17, 15) is 19.2 Å². The standard InChI is InChI=1S/3C6H14.4C4H8O2/c3*1-3-5-6-4-2;4*1-3-6-4(2)5/h3*3-6H2,1-2H3;4*3H2,1-2H3. The molecule has 0 saturated carbocycles. The van der Waals surface area contributed by atoms with Crippen LogP contribution in [0, 0.1) is 0 Å². The molecule has 258 valence electrons. The Labute approximate surface area is 262 Å². The van der Waals surface area contributed by atoms with Gasteiger partial charge in [-0.1, -0.05) is 119 Å². The van der Waals surface area contributed by atoms with Gasteiger partial charge < -0.3 is 18.9 Å². The zero-order valence-corrected chi connectivity index (χ0v) is 30.6. The van der Waals surface area contributed by atoms with Crippen molar-refractivity contribution < 1.29 is 38.1 Å². The van der Waals surface area contributed by atoms with Crippen LogP contribution in [0.5, 0.6) is 0 Å². The smallest absolute Gasteiger partial charge is 0.302 e. The van der Waals surface area contributed by atoms with Crippen molar-refractivity contribution >= 4 is 23.9 Å². The number of hydrogen-bond acceptors (Lipinski definition) is 8. The van der Waals surface area contributed by atoms with Gasteiger partial charge in [-0.25, -0.2) is 0 Å². The van der Waals surface area contributed by atoms with Gasteiger partial charge >= 0.3 is 23.9 Å². The van der Waals surface area contributed by atoms with Crippen molar-refractivity contribution in [1.82, 2.24) is 0 Å².